The fraction of sp³-hybridized carbons (Fsp3) is 0.333. The Labute approximate surface area is 162 Å². The summed E-state index contributed by atoms with van der Waals surface area (Å²) in [6.45, 7) is 0. The Bertz CT molecular complexity index is 1030. The average Bonchev–Trinajstić information content (AvgIpc) is 3.12. The molecule has 0 heterocycles. The molecule has 27 heavy (non-hydrogen) atoms. The van der Waals surface area contributed by atoms with Crippen molar-refractivity contribution in [2.75, 3.05) is 0 Å². The van der Waals surface area contributed by atoms with Crippen LogP contribution in [0.1, 0.15) is 69.2 Å². The molecule has 0 N–H and O–H groups in total. The SMILES string of the molecule is c1ccc2c(c1)CC2c1ccc2c(c1)CC(c1ccc3c(c1)CCCC3)C2. The Hall–Kier alpha value is -2.34. The van der Waals surface area contributed by atoms with E-state index in [-0.39, 0.29) is 0 Å². The van der Waals surface area contributed by atoms with Crippen LogP contribution in [0.15, 0.2) is 60.7 Å². The fourth-order valence-electron chi connectivity index (χ4n) is 5.65. The van der Waals surface area contributed by atoms with Crippen LogP contribution in [-0.2, 0) is 32.1 Å². The molecule has 2 atom stereocenters. The second kappa shape index (κ2) is 6.09. The minimum absolute atomic E-state index is 0.620. The second-order valence-electron chi connectivity index (χ2n) is 8.82. The molecule has 0 saturated carbocycles. The summed E-state index contributed by atoms with van der Waals surface area (Å²) in [6, 6.07) is 23.7. The first kappa shape index (κ1) is 15.7. The van der Waals surface area contributed by atoms with Gasteiger partial charge >= 0.3 is 0 Å². The Balaban J connectivity index is 1.26. The van der Waals surface area contributed by atoms with Crippen molar-refractivity contribution in [3.05, 3.63) is 105 Å². The monoisotopic (exact) mass is 350 g/mol. The highest BCUT2D eigenvalue weighted by molar-refractivity contribution is 5.50. The molecule has 0 radical (unpaired) electrons. The van der Waals surface area contributed by atoms with Gasteiger partial charge in [-0.2, -0.15) is 0 Å². The number of rotatable bonds is 2. The molecule has 0 aromatic heterocycles. The van der Waals surface area contributed by atoms with E-state index in [4.69, 9.17) is 0 Å². The lowest BCUT2D eigenvalue weighted by Crippen LogP contribution is -2.18. The van der Waals surface area contributed by atoms with E-state index in [1.807, 2.05) is 0 Å². The van der Waals surface area contributed by atoms with Crippen molar-refractivity contribution in [3.8, 4) is 0 Å². The molecule has 0 spiro atoms. The van der Waals surface area contributed by atoms with Crippen LogP contribution < -0.4 is 0 Å². The van der Waals surface area contributed by atoms with E-state index in [0.29, 0.717) is 11.8 Å². The molecule has 0 heteroatoms. The summed E-state index contributed by atoms with van der Waals surface area (Å²) in [5.74, 6) is 1.30. The fourth-order valence-corrected chi connectivity index (χ4v) is 5.65. The number of aryl methyl sites for hydroxylation is 2. The molecule has 0 fully saturated rings. The van der Waals surface area contributed by atoms with E-state index < -0.39 is 0 Å². The van der Waals surface area contributed by atoms with Gasteiger partial charge < -0.3 is 0 Å². The molecule has 3 aliphatic carbocycles. The van der Waals surface area contributed by atoms with Crippen LogP contribution in [0.4, 0.5) is 0 Å². The maximum atomic E-state index is 2.54. The summed E-state index contributed by atoms with van der Waals surface area (Å²) in [7, 11) is 0. The Kier molecular flexibility index (Phi) is 3.54. The lowest BCUT2D eigenvalue weighted by molar-refractivity contribution is 0.677. The molecular weight excluding hydrogens is 324 g/mol. The van der Waals surface area contributed by atoms with Gasteiger partial charge in [0.05, 0.1) is 0 Å². The maximum absolute atomic E-state index is 2.54. The van der Waals surface area contributed by atoms with Gasteiger partial charge in [0.25, 0.3) is 0 Å². The van der Waals surface area contributed by atoms with Gasteiger partial charge in [-0.1, -0.05) is 60.7 Å². The molecule has 0 aliphatic heterocycles. The van der Waals surface area contributed by atoms with Gasteiger partial charge in [0, 0.05) is 5.92 Å². The Morgan fingerprint density at radius 3 is 2.22 bits per heavy atom. The van der Waals surface area contributed by atoms with Crippen molar-refractivity contribution in [1.82, 2.24) is 0 Å². The maximum Gasteiger partial charge on any atom is 0.0133 e. The molecule has 2 unspecified atom stereocenters. The van der Waals surface area contributed by atoms with Crippen molar-refractivity contribution in [1.29, 1.82) is 0 Å². The number of fused-ring (bicyclic) bond motifs is 3. The number of hydrogen-bond acceptors (Lipinski definition) is 0. The van der Waals surface area contributed by atoms with Gasteiger partial charge in [-0.25, -0.2) is 0 Å². The molecule has 3 aromatic rings. The Morgan fingerprint density at radius 2 is 1.30 bits per heavy atom. The minimum Gasteiger partial charge on any atom is -0.0620 e. The molecule has 3 aromatic carbocycles. The van der Waals surface area contributed by atoms with E-state index in [1.165, 1.54) is 56.1 Å². The zero-order chi connectivity index (χ0) is 17.8. The lowest BCUT2D eigenvalue weighted by atomic mass is 9.73. The van der Waals surface area contributed by atoms with Crippen molar-refractivity contribution in [2.45, 2.75) is 56.8 Å². The third-order valence-electron chi connectivity index (χ3n) is 7.26. The molecule has 0 saturated heterocycles. The van der Waals surface area contributed by atoms with Crippen molar-refractivity contribution < 1.29 is 0 Å². The number of hydrogen-bond donors (Lipinski definition) is 0. The smallest absolute Gasteiger partial charge is 0.0133 e. The predicted octanol–water partition coefficient (Wildman–Crippen LogP) is 6.14. The van der Waals surface area contributed by atoms with Gasteiger partial charge in [-0.15, -0.1) is 0 Å². The topological polar surface area (TPSA) is 0 Å². The van der Waals surface area contributed by atoms with Crippen molar-refractivity contribution in [3.63, 3.8) is 0 Å². The predicted molar refractivity (Wildman–Crippen MR) is 112 cm³/mol. The van der Waals surface area contributed by atoms with Gasteiger partial charge in [0.1, 0.15) is 0 Å². The molecule has 6 rings (SSSR count). The zero-order valence-corrected chi connectivity index (χ0v) is 15.9. The van der Waals surface area contributed by atoms with Gasteiger partial charge in [-0.05, 0) is 95.4 Å². The second-order valence-corrected chi connectivity index (χ2v) is 8.82. The highest BCUT2D eigenvalue weighted by Gasteiger charge is 2.29. The molecule has 0 bridgehead atoms. The van der Waals surface area contributed by atoms with Crippen LogP contribution in [0, 0.1) is 0 Å². The Morgan fingerprint density at radius 1 is 0.556 bits per heavy atom. The highest BCUT2D eigenvalue weighted by atomic mass is 14.3. The first-order chi connectivity index (χ1) is 13.3. The highest BCUT2D eigenvalue weighted by Crippen LogP contribution is 2.42. The van der Waals surface area contributed by atoms with Crippen molar-refractivity contribution >= 4 is 0 Å². The standard InChI is InChI=1S/C27H26/c1-2-6-19-13-20(10-9-18(19)5-1)24-14-21-11-12-23(15-25(21)16-24)27-17-22-7-3-4-8-26(22)27/h3-4,7-13,15,24,27H,1-2,5-6,14,16-17H2. The first-order valence-corrected chi connectivity index (χ1v) is 10.7. The first-order valence-electron chi connectivity index (χ1n) is 10.7. The van der Waals surface area contributed by atoms with Crippen LogP contribution >= 0.6 is 0 Å². The van der Waals surface area contributed by atoms with Crippen LogP contribution in [0.2, 0.25) is 0 Å². The minimum atomic E-state index is 0.620. The third-order valence-corrected chi connectivity index (χ3v) is 7.26. The summed E-state index contributed by atoms with van der Waals surface area (Å²) in [5.41, 5.74) is 12.6. The molecular formula is C27H26. The van der Waals surface area contributed by atoms with Gasteiger partial charge in [0.2, 0.25) is 0 Å². The van der Waals surface area contributed by atoms with E-state index in [1.54, 1.807) is 33.4 Å². The molecule has 134 valence electrons. The molecule has 0 amide bonds. The number of benzene rings is 3. The van der Waals surface area contributed by atoms with Crippen LogP contribution in [0.3, 0.4) is 0 Å². The summed E-state index contributed by atoms with van der Waals surface area (Å²) in [6.07, 6.45) is 8.96. The van der Waals surface area contributed by atoms with Crippen LogP contribution in [0.5, 0.6) is 0 Å². The van der Waals surface area contributed by atoms with E-state index in [0.717, 1.165) is 0 Å². The van der Waals surface area contributed by atoms with Crippen LogP contribution in [0.25, 0.3) is 0 Å². The van der Waals surface area contributed by atoms with E-state index >= 15 is 0 Å². The summed E-state index contributed by atoms with van der Waals surface area (Å²) >= 11 is 0. The average molecular weight is 351 g/mol. The summed E-state index contributed by atoms with van der Waals surface area (Å²) < 4.78 is 0. The normalized spacial score (nSPS) is 22.5. The third kappa shape index (κ3) is 2.57. The summed E-state index contributed by atoms with van der Waals surface area (Å²) in [4.78, 5) is 0. The molecule has 3 aliphatic rings. The lowest BCUT2D eigenvalue weighted by Gasteiger charge is -2.30. The van der Waals surface area contributed by atoms with E-state index in [9.17, 15) is 0 Å². The largest absolute Gasteiger partial charge is 0.0620 e. The summed E-state index contributed by atoms with van der Waals surface area (Å²) in [5, 5.41) is 0. The van der Waals surface area contributed by atoms with Gasteiger partial charge in [0.15, 0.2) is 0 Å². The molecule has 0 nitrogen and oxygen atoms in total. The van der Waals surface area contributed by atoms with Crippen LogP contribution in [-0.4, -0.2) is 0 Å². The van der Waals surface area contributed by atoms with E-state index in [2.05, 4.69) is 60.7 Å². The zero-order valence-electron chi connectivity index (χ0n) is 15.9. The van der Waals surface area contributed by atoms with Gasteiger partial charge in [-0.3, -0.25) is 0 Å². The quantitative estimate of drug-likeness (QED) is 0.521. The van der Waals surface area contributed by atoms with Crippen molar-refractivity contribution in [2.24, 2.45) is 0 Å².